The lowest BCUT2D eigenvalue weighted by atomic mass is 10.3. The molecule has 1 rings (SSSR count). The van der Waals surface area contributed by atoms with Crippen LogP contribution in [0.4, 0.5) is 0 Å². The van der Waals surface area contributed by atoms with Crippen LogP contribution in [0.2, 0.25) is 5.02 Å². The number of nitrogens with one attached hydrogen (secondary N) is 1. The molecule has 0 saturated heterocycles. The van der Waals surface area contributed by atoms with E-state index in [0.29, 0.717) is 13.2 Å². The van der Waals surface area contributed by atoms with Crippen molar-refractivity contribution in [2.45, 2.75) is 33.4 Å². The van der Waals surface area contributed by atoms with Crippen LogP contribution in [-0.2, 0) is 24.3 Å². The minimum absolute atomic E-state index is 0.529. The fraction of sp³-hybridized carbons (Fsp3) is 0.727. The number of likely N-dealkylation sites (N-methyl/N-ethyl adjacent to an activating group) is 1. The number of hydrogen-bond donors (Lipinski definition) is 1. The maximum absolute atomic E-state index is 6.24. The number of aryl methyl sites for hydroxylation is 2. The zero-order valence-corrected chi connectivity index (χ0v) is 11.0. The second-order valence-electron chi connectivity index (χ2n) is 3.53. The highest BCUT2D eigenvalue weighted by molar-refractivity contribution is 6.31. The average molecular weight is 246 g/mol. The maximum atomic E-state index is 6.24. The Morgan fingerprint density at radius 1 is 1.44 bits per heavy atom. The molecule has 0 aromatic carbocycles. The van der Waals surface area contributed by atoms with Crippen LogP contribution in [0.15, 0.2) is 0 Å². The van der Waals surface area contributed by atoms with Crippen molar-refractivity contribution in [2.75, 3.05) is 20.2 Å². The summed E-state index contributed by atoms with van der Waals surface area (Å²) in [6, 6.07) is 0. The molecule has 1 N–H and O–H groups in total. The predicted molar refractivity (Wildman–Crippen MR) is 65.9 cm³/mol. The van der Waals surface area contributed by atoms with Crippen LogP contribution in [0.5, 0.6) is 0 Å². The summed E-state index contributed by atoms with van der Waals surface area (Å²) in [6.45, 7) is 6.99. The number of halogens is 1. The highest BCUT2D eigenvalue weighted by Gasteiger charge is 2.13. The fourth-order valence-electron chi connectivity index (χ4n) is 1.50. The van der Waals surface area contributed by atoms with E-state index in [-0.39, 0.29) is 0 Å². The Morgan fingerprint density at radius 2 is 2.19 bits per heavy atom. The molecule has 1 aromatic heterocycles. The van der Waals surface area contributed by atoms with E-state index in [1.807, 2.05) is 11.7 Å². The third-order valence-electron chi connectivity index (χ3n) is 2.43. The topological polar surface area (TPSA) is 39.1 Å². The molecule has 0 aliphatic carbocycles. The molecule has 5 heteroatoms. The number of ether oxygens (including phenoxy) is 1. The monoisotopic (exact) mass is 245 g/mol. The van der Waals surface area contributed by atoms with Crippen LogP contribution in [0.25, 0.3) is 0 Å². The number of rotatable bonds is 7. The molecule has 0 radical (unpaired) electrons. The van der Waals surface area contributed by atoms with Gasteiger partial charge < -0.3 is 10.1 Å². The van der Waals surface area contributed by atoms with Crippen LogP contribution in [0, 0.1) is 0 Å². The third kappa shape index (κ3) is 3.20. The van der Waals surface area contributed by atoms with Gasteiger partial charge in [0.15, 0.2) is 0 Å². The summed E-state index contributed by atoms with van der Waals surface area (Å²) in [7, 11) is 1.90. The van der Waals surface area contributed by atoms with Crippen LogP contribution in [-0.4, -0.2) is 30.0 Å². The highest BCUT2D eigenvalue weighted by atomic mass is 35.5. The van der Waals surface area contributed by atoms with Crippen LogP contribution in [0.1, 0.15) is 25.2 Å². The molecule has 0 aliphatic heterocycles. The minimum Gasteiger partial charge on any atom is -0.374 e. The summed E-state index contributed by atoms with van der Waals surface area (Å²) >= 11 is 6.24. The van der Waals surface area contributed by atoms with Gasteiger partial charge in [-0.1, -0.05) is 18.5 Å². The Balaban J connectivity index is 2.65. The van der Waals surface area contributed by atoms with E-state index in [9.17, 15) is 0 Å². The van der Waals surface area contributed by atoms with E-state index in [1.165, 1.54) is 0 Å². The molecule has 0 aliphatic rings. The van der Waals surface area contributed by atoms with Gasteiger partial charge in [0.1, 0.15) is 0 Å². The first-order chi connectivity index (χ1) is 7.74. The summed E-state index contributed by atoms with van der Waals surface area (Å²) < 4.78 is 7.45. The first-order valence-electron chi connectivity index (χ1n) is 5.70. The highest BCUT2D eigenvalue weighted by Crippen LogP contribution is 2.22. The van der Waals surface area contributed by atoms with Crippen molar-refractivity contribution in [1.29, 1.82) is 0 Å². The van der Waals surface area contributed by atoms with E-state index in [0.717, 1.165) is 35.9 Å². The Kier molecular flexibility index (Phi) is 5.80. The van der Waals surface area contributed by atoms with Crippen molar-refractivity contribution in [3.8, 4) is 0 Å². The van der Waals surface area contributed by atoms with Crippen molar-refractivity contribution >= 4 is 11.6 Å². The van der Waals surface area contributed by atoms with E-state index in [2.05, 4.69) is 24.3 Å². The average Bonchev–Trinajstić information content (AvgIpc) is 2.61. The maximum Gasteiger partial charge on any atom is 0.0900 e. The quantitative estimate of drug-likeness (QED) is 0.746. The molecule has 1 aromatic rings. The third-order valence-corrected chi connectivity index (χ3v) is 2.87. The predicted octanol–water partition coefficient (Wildman–Crippen LogP) is 1.85. The first kappa shape index (κ1) is 13.5. The largest absolute Gasteiger partial charge is 0.374 e. The molecule has 0 amide bonds. The van der Waals surface area contributed by atoms with Crippen molar-refractivity contribution in [2.24, 2.45) is 0 Å². The van der Waals surface area contributed by atoms with E-state index in [4.69, 9.17) is 16.3 Å². The van der Waals surface area contributed by atoms with Gasteiger partial charge in [-0.3, -0.25) is 4.68 Å². The zero-order chi connectivity index (χ0) is 12.0. The normalized spacial score (nSPS) is 11.0. The number of hydrogen-bond acceptors (Lipinski definition) is 3. The second kappa shape index (κ2) is 6.89. The van der Waals surface area contributed by atoms with Gasteiger partial charge in [-0.15, -0.1) is 0 Å². The Bertz CT molecular complexity index is 325. The van der Waals surface area contributed by atoms with E-state index < -0.39 is 0 Å². The fourth-order valence-corrected chi connectivity index (χ4v) is 1.82. The first-order valence-corrected chi connectivity index (χ1v) is 6.08. The molecule has 4 nitrogen and oxygen atoms in total. The van der Waals surface area contributed by atoms with Crippen molar-refractivity contribution < 1.29 is 4.74 Å². The SMILES string of the molecule is CCc1nn(CC)c(COCCNC)c1Cl. The van der Waals surface area contributed by atoms with Gasteiger partial charge >= 0.3 is 0 Å². The Hall–Kier alpha value is -0.580. The van der Waals surface area contributed by atoms with Crippen LogP contribution >= 0.6 is 11.6 Å². The smallest absolute Gasteiger partial charge is 0.0900 e. The van der Waals surface area contributed by atoms with Crippen molar-refractivity contribution in [3.05, 3.63) is 16.4 Å². The van der Waals surface area contributed by atoms with Gasteiger partial charge in [0, 0.05) is 13.1 Å². The van der Waals surface area contributed by atoms with Gasteiger partial charge in [-0.05, 0) is 20.4 Å². The molecular formula is C11H20ClN3O. The lowest BCUT2D eigenvalue weighted by molar-refractivity contribution is 0.118. The molecule has 0 fully saturated rings. The summed E-state index contributed by atoms with van der Waals surface area (Å²) in [4.78, 5) is 0. The van der Waals surface area contributed by atoms with Crippen LogP contribution < -0.4 is 5.32 Å². The molecule has 1 heterocycles. The second-order valence-corrected chi connectivity index (χ2v) is 3.91. The summed E-state index contributed by atoms with van der Waals surface area (Å²) in [5, 5.41) is 8.23. The van der Waals surface area contributed by atoms with Gasteiger partial charge in [-0.25, -0.2) is 0 Å². The lowest BCUT2D eigenvalue weighted by Crippen LogP contribution is -2.15. The summed E-state index contributed by atoms with van der Waals surface area (Å²) in [5.74, 6) is 0. The van der Waals surface area contributed by atoms with Crippen LogP contribution in [0.3, 0.4) is 0 Å². The summed E-state index contributed by atoms with van der Waals surface area (Å²) in [5.41, 5.74) is 1.94. The molecule has 92 valence electrons. The molecule has 0 spiro atoms. The lowest BCUT2D eigenvalue weighted by Gasteiger charge is -2.06. The minimum atomic E-state index is 0.529. The molecule has 16 heavy (non-hydrogen) atoms. The molecule has 0 saturated carbocycles. The van der Waals surface area contributed by atoms with E-state index >= 15 is 0 Å². The summed E-state index contributed by atoms with van der Waals surface area (Å²) in [6.07, 6.45) is 0.856. The Morgan fingerprint density at radius 3 is 2.75 bits per heavy atom. The molecule has 0 unspecified atom stereocenters. The van der Waals surface area contributed by atoms with Gasteiger partial charge in [0.2, 0.25) is 0 Å². The van der Waals surface area contributed by atoms with Crippen molar-refractivity contribution in [1.82, 2.24) is 15.1 Å². The number of nitrogens with zero attached hydrogens (tertiary/aromatic N) is 2. The molecule has 0 atom stereocenters. The Labute approximate surface area is 102 Å². The molecular weight excluding hydrogens is 226 g/mol. The van der Waals surface area contributed by atoms with Gasteiger partial charge in [-0.2, -0.15) is 5.10 Å². The van der Waals surface area contributed by atoms with Crippen molar-refractivity contribution in [3.63, 3.8) is 0 Å². The number of aromatic nitrogens is 2. The van der Waals surface area contributed by atoms with Gasteiger partial charge in [0.25, 0.3) is 0 Å². The molecule has 0 bridgehead atoms. The zero-order valence-electron chi connectivity index (χ0n) is 10.2. The van der Waals surface area contributed by atoms with E-state index in [1.54, 1.807) is 0 Å². The van der Waals surface area contributed by atoms with Gasteiger partial charge in [0.05, 0.1) is 29.6 Å². The standard InChI is InChI=1S/C11H20ClN3O/c1-4-9-11(12)10(15(5-2)14-9)8-16-7-6-13-3/h13H,4-8H2,1-3H3.